The predicted octanol–water partition coefficient (Wildman–Crippen LogP) is 2.18. The summed E-state index contributed by atoms with van der Waals surface area (Å²) in [5.41, 5.74) is 2.18. The Labute approximate surface area is 126 Å². The molecule has 1 N–H and O–H groups in total. The first kappa shape index (κ1) is 14.3. The predicted molar refractivity (Wildman–Crippen MR) is 86.6 cm³/mol. The minimum atomic E-state index is 0.553. The summed E-state index contributed by atoms with van der Waals surface area (Å²) in [7, 11) is 2.03. The summed E-state index contributed by atoms with van der Waals surface area (Å²) in [6, 6.07) is 2.59. The molecular formula is C16H25N5. The van der Waals surface area contributed by atoms with E-state index in [1.54, 1.807) is 0 Å². The van der Waals surface area contributed by atoms with E-state index in [1.807, 2.05) is 25.6 Å². The zero-order valence-corrected chi connectivity index (χ0v) is 13.2. The Hall–Kier alpha value is -1.62. The molecule has 1 fully saturated rings. The molecule has 1 unspecified atom stereocenters. The van der Waals surface area contributed by atoms with Crippen LogP contribution < -0.4 is 10.2 Å². The Morgan fingerprint density at radius 3 is 3.05 bits per heavy atom. The average Bonchev–Trinajstić information content (AvgIpc) is 2.87. The fourth-order valence-electron chi connectivity index (χ4n) is 3.11. The van der Waals surface area contributed by atoms with Gasteiger partial charge in [0.05, 0.1) is 11.8 Å². The summed E-state index contributed by atoms with van der Waals surface area (Å²) >= 11 is 0. The van der Waals surface area contributed by atoms with Gasteiger partial charge in [0.1, 0.15) is 5.52 Å². The SMILES string of the molecule is CC(C)NCC1CCCN(c2nccc3c2ncn3C)C1. The summed E-state index contributed by atoms with van der Waals surface area (Å²) in [5, 5.41) is 3.56. The molecule has 1 atom stereocenters. The van der Waals surface area contributed by atoms with E-state index in [2.05, 4.69) is 38.6 Å². The molecular weight excluding hydrogens is 262 g/mol. The average molecular weight is 287 g/mol. The summed E-state index contributed by atoms with van der Waals surface area (Å²) in [4.78, 5) is 11.5. The quantitative estimate of drug-likeness (QED) is 0.936. The Bertz CT molecular complexity index is 604. The number of nitrogens with one attached hydrogen (secondary N) is 1. The van der Waals surface area contributed by atoms with Crippen molar-refractivity contribution < 1.29 is 0 Å². The van der Waals surface area contributed by atoms with Gasteiger partial charge in [-0.15, -0.1) is 0 Å². The van der Waals surface area contributed by atoms with Gasteiger partial charge >= 0.3 is 0 Å². The molecule has 0 aliphatic carbocycles. The number of nitrogens with zero attached hydrogens (tertiary/aromatic N) is 4. The second kappa shape index (κ2) is 6.02. The third-order valence-corrected chi connectivity index (χ3v) is 4.26. The molecule has 2 aromatic heterocycles. The van der Waals surface area contributed by atoms with Crippen LogP contribution in [0.2, 0.25) is 0 Å². The topological polar surface area (TPSA) is 46.0 Å². The van der Waals surface area contributed by atoms with E-state index in [9.17, 15) is 0 Å². The molecule has 1 saturated heterocycles. The molecule has 1 aliphatic heterocycles. The van der Waals surface area contributed by atoms with E-state index >= 15 is 0 Å². The van der Waals surface area contributed by atoms with Gasteiger partial charge in [-0.2, -0.15) is 0 Å². The van der Waals surface area contributed by atoms with Crippen LogP contribution in [0.1, 0.15) is 26.7 Å². The van der Waals surface area contributed by atoms with Crippen molar-refractivity contribution in [2.45, 2.75) is 32.7 Å². The monoisotopic (exact) mass is 287 g/mol. The first-order chi connectivity index (χ1) is 10.1. The molecule has 114 valence electrons. The van der Waals surface area contributed by atoms with E-state index in [1.165, 1.54) is 12.8 Å². The maximum atomic E-state index is 4.60. The number of hydrogen-bond donors (Lipinski definition) is 1. The van der Waals surface area contributed by atoms with Crippen molar-refractivity contribution in [3.05, 3.63) is 18.6 Å². The minimum Gasteiger partial charge on any atom is -0.354 e. The lowest BCUT2D eigenvalue weighted by Gasteiger charge is -2.34. The van der Waals surface area contributed by atoms with Crippen molar-refractivity contribution >= 4 is 16.9 Å². The van der Waals surface area contributed by atoms with E-state index in [4.69, 9.17) is 0 Å². The lowest BCUT2D eigenvalue weighted by molar-refractivity contribution is 0.378. The van der Waals surface area contributed by atoms with Gasteiger partial charge in [0.15, 0.2) is 5.82 Å². The molecule has 21 heavy (non-hydrogen) atoms. The van der Waals surface area contributed by atoms with Gasteiger partial charge in [0.2, 0.25) is 0 Å². The molecule has 5 heteroatoms. The van der Waals surface area contributed by atoms with Gasteiger partial charge in [0.25, 0.3) is 0 Å². The van der Waals surface area contributed by atoms with Crippen LogP contribution >= 0.6 is 0 Å². The highest BCUT2D eigenvalue weighted by Crippen LogP contribution is 2.27. The van der Waals surface area contributed by atoms with Crippen molar-refractivity contribution in [3.8, 4) is 0 Å². The summed E-state index contributed by atoms with van der Waals surface area (Å²) in [5.74, 6) is 1.74. The van der Waals surface area contributed by atoms with Gasteiger partial charge in [-0.1, -0.05) is 13.8 Å². The van der Waals surface area contributed by atoms with Crippen LogP contribution in [-0.4, -0.2) is 40.2 Å². The number of anilines is 1. The van der Waals surface area contributed by atoms with Crippen LogP contribution in [-0.2, 0) is 7.05 Å². The van der Waals surface area contributed by atoms with E-state index in [0.29, 0.717) is 12.0 Å². The maximum absolute atomic E-state index is 4.60. The largest absolute Gasteiger partial charge is 0.354 e. The van der Waals surface area contributed by atoms with Crippen molar-refractivity contribution in [1.82, 2.24) is 19.9 Å². The number of aromatic nitrogens is 3. The van der Waals surface area contributed by atoms with Crippen molar-refractivity contribution in [3.63, 3.8) is 0 Å². The highest BCUT2D eigenvalue weighted by Gasteiger charge is 2.23. The smallest absolute Gasteiger partial charge is 0.156 e. The second-order valence-corrected chi connectivity index (χ2v) is 6.37. The molecule has 3 heterocycles. The van der Waals surface area contributed by atoms with Gasteiger partial charge in [-0.05, 0) is 31.4 Å². The fourth-order valence-corrected chi connectivity index (χ4v) is 3.11. The molecule has 3 rings (SSSR count). The number of rotatable bonds is 4. The minimum absolute atomic E-state index is 0.553. The van der Waals surface area contributed by atoms with Gasteiger partial charge < -0.3 is 14.8 Å². The number of pyridine rings is 1. The highest BCUT2D eigenvalue weighted by atomic mass is 15.2. The van der Waals surface area contributed by atoms with Crippen molar-refractivity contribution in [1.29, 1.82) is 0 Å². The molecule has 0 bridgehead atoms. The Kier molecular flexibility index (Phi) is 4.10. The zero-order valence-electron chi connectivity index (χ0n) is 13.2. The van der Waals surface area contributed by atoms with Gasteiger partial charge in [-0.25, -0.2) is 9.97 Å². The first-order valence-corrected chi connectivity index (χ1v) is 7.89. The molecule has 0 saturated carbocycles. The van der Waals surface area contributed by atoms with Crippen molar-refractivity contribution in [2.75, 3.05) is 24.5 Å². The number of imidazole rings is 1. The number of hydrogen-bond acceptors (Lipinski definition) is 4. The van der Waals surface area contributed by atoms with Crippen LogP contribution in [0.3, 0.4) is 0 Å². The van der Waals surface area contributed by atoms with E-state index < -0.39 is 0 Å². The molecule has 0 radical (unpaired) electrons. The number of piperidine rings is 1. The van der Waals surface area contributed by atoms with E-state index in [0.717, 1.165) is 36.5 Å². The maximum Gasteiger partial charge on any atom is 0.156 e. The number of aryl methyl sites for hydroxylation is 1. The molecule has 2 aromatic rings. The van der Waals surface area contributed by atoms with Crippen LogP contribution in [0.25, 0.3) is 11.0 Å². The van der Waals surface area contributed by atoms with Crippen molar-refractivity contribution in [2.24, 2.45) is 13.0 Å². The summed E-state index contributed by atoms with van der Waals surface area (Å²) in [6.07, 6.45) is 6.30. The standard InChI is InChI=1S/C16H25N5/c1-12(2)18-9-13-5-4-8-21(10-13)16-15-14(6-7-17-16)20(3)11-19-15/h6-7,11-13,18H,4-5,8-10H2,1-3H3. The second-order valence-electron chi connectivity index (χ2n) is 6.37. The molecule has 0 aromatic carbocycles. The third-order valence-electron chi connectivity index (χ3n) is 4.26. The normalized spacial score (nSPS) is 19.6. The fraction of sp³-hybridized carbons (Fsp3) is 0.625. The Morgan fingerprint density at radius 1 is 1.38 bits per heavy atom. The van der Waals surface area contributed by atoms with Gasteiger partial charge in [-0.3, -0.25) is 0 Å². The van der Waals surface area contributed by atoms with Crippen LogP contribution in [0.4, 0.5) is 5.82 Å². The summed E-state index contributed by atoms with van der Waals surface area (Å²) in [6.45, 7) is 7.66. The Morgan fingerprint density at radius 2 is 2.24 bits per heavy atom. The first-order valence-electron chi connectivity index (χ1n) is 7.89. The number of fused-ring (bicyclic) bond motifs is 1. The molecule has 5 nitrogen and oxygen atoms in total. The van der Waals surface area contributed by atoms with Crippen LogP contribution in [0, 0.1) is 5.92 Å². The molecule has 1 aliphatic rings. The molecule has 0 spiro atoms. The van der Waals surface area contributed by atoms with Crippen LogP contribution in [0.15, 0.2) is 18.6 Å². The highest BCUT2D eigenvalue weighted by molar-refractivity contribution is 5.86. The summed E-state index contributed by atoms with van der Waals surface area (Å²) < 4.78 is 2.06. The van der Waals surface area contributed by atoms with Crippen LogP contribution in [0.5, 0.6) is 0 Å². The molecule has 0 amide bonds. The Balaban J connectivity index is 1.78. The van der Waals surface area contributed by atoms with E-state index in [-0.39, 0.29) is 0 Å². The zero-order chi connectivity index (χ0) is 14.8. The lowest BCUT2D eigenvalue weighted by Crippen LogP contribution is -2.41. The van der Waals surface area contributed by atoms with Gasteiger partial charge in [0, 0.05) is 32.4 Å². The lowest BCUT2D eigenvalue weighted by atomic mass is 9.97. The third kappa shape index (κ3) is 3.02.